The second kappa shape index (κ2) is 6.38. The predicted octanol–water partition coefficient (Wildman–Crippen LogP) is 3.19. The van der Waals surface area contributed by atoms with Crippen molar-refractivity contribution in [2.45, 2.75) is 0 Å². The summed E-state index contributed by atoms with van der Waals surface area (Å²) < 4.78 is 19.1. The Morgan fingerprint density at radius 2 is 2.10 bits per heavy atom. The number of benzene rings is 2. The van der Waals surface area contributed by atoms with Crippen molar-refractivity contribution in [3.05, 3.63) is 52.8 Å². The predicted molar refractivity (Wildman–Crippen MR) is 79.1 cm³/mol. The first-order valence-electron chi connectivity index (χ1n) is 5.78. The summed E-state index contributed by atoms with van der Waals surface area (Å²) in [6.07, 6.45) is 0. The molecule has 0 unspecified atom stereocenters. The highest BCUT2D eigenvalue weighted by Gasteiger charge is 2.07. The lowest BCUT2D eigenvalue weighted by molar-refractivity contribution is -0.118. The third-order valence-electron chi connectivity index (χ3n) is 2.44. The van der Waals surface area contributed by atoms with E-state index in [-0.39, 0.29) is 24.0 Å². The van der Waals surface area contributed by atoms with E-state index in [2.05, 4.69) is 21.2 Å². The summed E-state index contributed by atoms with van der Waals surface area (Å²) in [4.78, 5) is 11.7. The maximum absolute atomic E-state index is 13.0. The third-order valence-corrected chi connectivity index (χ3v) is 2.94. The number of carbonyl (C=O) groups is 1. The Kier molecular flexibility index (Phi) is 4.57. The first-order chi connectivity index (χ1) is 9.54. The van der Waals surface area contributed by atoms with Crippen molar-refractivity contribution >= 4 is 33.2 Å². The molecule has 4 nitrogen and oxygen atoms in total. The second-order valence-corrected chi connectivity index (χ2v) is 4.95. The van der Waals surface area contributed by atoms with E-state index in [1.54, 1.807) is 18.2 Å². The topological polar surface area (TPSA) is 64.3 Å². The van der Waals surface area contributed by atoms with E-state index in [1.807, 2.05) is 6.07 Å². The Bertz CT molecular complexity index is 634. The van der Waals surface area contributed by atoms with Crippen LogP contribution in [0.2, 0.25) is 0 Å². The van der Waals surface area contributed by atoms with Crippen LogP contribution in [0.1, 0.15) is 0 Å². The Labute approximate surface area is 123 Å². The molecule has 0 aliphatic rings. The maximum atomic E-state index is 13.0. The van der Waals surface area contributed by atoms with E-state index in [1.165, 1.54) is 12.1 Å². The number of nitrogen functional groups attached to an aromatic ring is 1. The number of nitrogens with two attached hydrogens (primary N) is 1. The number of amides is 1. The lowest BCUT2D eigenvalue weighted by Gasteiger charge is -2.09. The van der Waals surface area contributed by atoms with Crippen LogP contribution in [-0.2, 0) is 4.79 Å². The van der Waals surface area contributed by atoms with Crippen LogP contribution in [0.25, 0.3) is 0 Å². The van der Waals surface area contributed by atoms with Crippen molar-refractivity contribution in [3.8, 4) is 5.75 Å². The number of hydrogen-bond donors (Lipinski definition) is 2. The number of halogens is 2. The molecule has 0 aliphatic carbocycles. The molecule has 0 aromatic heterocycles. The minimum absolute atomic E-state index is 0.148. The Morgan fingerprint density at radius 1 is 1.30 bits per heavy atom. The quantitative estimate of drug-likeness (QED) is 0.841. The molecule has 0 saturated carbocycles. The number of hydrogen-bond acceptors (Lipinski definition) is 3. The molecule has 6 heteroatoms. The SMILES string of the molecule is Nc1ccc(F)cc1OCC(=O)Nc1cccc(Br)c1. The van der Waals surface area contributed by atoms with Crippen LogP contribution in [0.15, 0.2) is 46.9 Å². The molecular formula is C14H12BrFN2O2. The second-order valence-electron chi connectivity index (χ2n) is 4.03. The highest BCUT2D eigenvalue weighted by atomic mass is 79.9. The Morgan fingerprint density at radius 3 is 2.85 bits per heavy atom. The standard InChI is InChI=1S/C14H12BrFN2O2/c15-9-2-1-3-11(6-9)18-14(19)8-20-13-7-10(16)4-5-12(13)17/h1-7H,8,17H2,(H,18,19). The molecule has 2 aromatic rings. The highest BCUT2D eigenvalue weighted by Crippen LogP contribution is 2.22. The van der Waals surface area contributed by atoms with Gasteiger partial charge in [0, 0.05) is 16.2 Å². The fourth-order valence-electron chi connectivity index (χ4n) is 1.54. The first kappa shape index (κ1) is 14.3. The van der Waals surface area contributed by atoms with Gasteiger partial charge >= 0.3 is 0 Å². The van der Waals surface area contributed by atoms with E-state index in [0.717, 1.165) is 10.5 Å². The molecule has 0 atom stereocenters. The van der Waals surface area contributed by atoms with E-state index in [4.69, 9.17) is 10.5 Å². The van der Waals surface area contributed by atoms with Gasteiger partial charge in [0.15, 0.2) is 6.61 Å². The molecule has 0 saturated heterocycles. The van der Waals surface area contributed by atoms with Crippen LogP contribution in [0.3, 0.4) is 0 Å². The van der Waals surface area contributed by atoms with Crippen molar-refractivity contribution in [1.29, 1.82) is 0 Å². The smallest absolute Gasteiger partial charge is 0.262 e. The van der Waals surface area contributed by atoms with Crippen LogP contribution in [0, 0.1) is 5.82 Å². The Hall–Kier alpha value is -2.08. The van der Waals surface area contributed by atoms with Crippen LogP contribution in [0.4, 0.5) is 15.8 Å². The fraction of sp³-hybridized carbons (Fsp3) is 0.0714. The van der Waals surface area contributed by atoms with Crippen LogP contribution >= 0.6 is 15.9 Å². The van der Waals surface area contributed by atoms with Gasteiger partial charge in [-0.25, -0.2) is 4.39 Å². The molecule has 0 heterocycles. The van der Waals surface area contributed by atoms with Gasteiger partial charge in [0.25, 0.3) is 5.91 Å². The summed E-state index contributed by atoms with van der Waals surface area (Å²) in [5.41, 5.74) is 6.54. The average molecular weight is 339 g/mol. The van der Waals surface area contributed by atoms with Crippen LogP contribution in [0.5, 0.6) is 5.75 Å². The first-order valence-corrected chi connectivity index (χ1v) is 6.57. The van der Waals surface area contributed by atoms with Gasteiger partial charge in [-0.15, -0.1) is 0 Å². The van der Waals surface area contributed by atoms with Gasteiger partial charge < -0.3 is 15.8 Å². The molecule has 0 radical (unpaired) electrons. The molecule has 20 heavy (non-hydrogen) atoms. The molecular weight excluding hydrogens is 327 g/mol. The lowest BCUT2D eigenvalue weighted by Crippen LogP contribution is -2.20. The molecule has 2 rings (SSSR count). The molecule has 0 fully saturated rings. The summed E-state index contributed by atoms with van der Waals surface area (Å²) in [6, 6.07) is 10.9. The number of nitrogens with one attached hydrogen (secondary N) is 1. The summed E-state index contributed by atoms with van der Waals surface area (Å²) >= 11 is 3.30. The number of carbonyl (C=O) groups excluding carboxylic acids is 1. The zero-order valence-electron chi connectivity index (χ0n) is 10.4. The monoisotopic (exact) mass is 338 g/mol. The Balaban J connectivity index is 1.94. The zero-order valence-corrected chi connectivity index (χ0v) is 12.0. The molecule has 1 amide bonds. The summed E-state index contributed by atoms with van der Waals surface area (Å²) in [5, 5.41) is 2.66. The molecule has 0 spiro atoms. The molecule has 104 valence electrons. The summed E-state index contributed by atoms with van der Waals surface area (Å²) in [6.45, 7) is -0.250. The van der Waals surface area contributed by atoms with Crippen molar-refractivity contribution in [1.82, 2.24) is 0 Å². The molecule has 2 aromatic carbocycles. The average Bonchev–Trinajstić information content (AvgIpc) is 2.40. The van der Waals surface area contributed by atoms with Crippen molar-refractivity contribution < 1.29 is 13.9 Å². The molecule has 0 aliphatic heterocycles. The fourth-order valence-corrected chi connectivity index (χ4v) is 1.94. The maximum Gasteiger partial charge on any atom is 0.262 e. The summed E-state index contributed by atoms with van der Waals surface area (Å²) in [5.74, 6) is -0.678. The van der Waals surface area contributed by atoms with Crippen LogP contribution in [-0.4, -0.2) is 12.5 Å². The molecule has 3 N–H and O–H groups in total. The van der Waals surface area contributed by atoms with Crippen molar-refractivity contribution in [2.24, 2.45) is 0 Å². The minimum atomic E-state index is -0.471. The number of rotatable bonds is 4. The van der Waals surface area contributed by atoms with Crippen molar-refractivity contribution in [3.63, 3.8) is 0 Å². The van der Waals surface area contributed by atoms with Gasteiger partial charge in [0.05, 0.1) is 5.69 Å². The summed E-state index contributed by atoms with van der Waals surface area (Å²) in [7, 11) is 0. The van der Waals surface area contributed by atoms with Gasteiger partial charge in [-0.1, -0.05) is 22.0 Å². The van der Waals surface area contributed by atoms with Gasteiger partial charge in [0.1, 0.15) is 11.6 Å². The van der Waals surface area contributed by atoms with Gasteiger partial charge in [-0.05, 0) is 30.3 Å². The van der Waals surface area contributed by atoms with Crippen molar-refractivity contribution in [2.75, 3.05) is 17.7 Å². The minimum Gasteiger partial charge on any atom is -0.481 e. The largest absolute Gasteiger partial charge is 0.481 e. The number of ether oxygens (including phenoxy) is 1. The highest BCUT2D eigenvalue weighted by molar-refractivity contribution is 9.10. The van der Waals surface area contributed by atoms with Gasteiger partial charge in [-0.2, -0.15) is 0 Å². The van der Waals surface area contributed by atoms with Crippen LogP contribution < -0.4 is 15.8 Å². The van der Waals surface area contributed by atoms with Gasteiger partial charge in [-0.3, -0.25) is 4.79 Å². The zero-order chi connectivity index (χ0) is 14.5. The van der Waals surface area contributed by atoms with E-state index >= 15 is 0 Å². The van der Waals surface area contributed by atoms with Gasteiger partial charge in [0.2, 0.25) is 0 Å². The number of anilines is 2. The van der Waals surface area contributed by atoms with E-state index in [0.29, 0.717) is 5.69 Å². The van der Waals surface area contributed by atoms with E-state index in [9.17, 15) is 9.18 Å². The lowest BCUT2D eigenvalue weighted by atomic mass is 10.3. The molecule has 0 bridgehead atoms. The third kappa shape index (κ3) is 3.96. The normalized spacial score (nSPS) is 10.1. The van der Waals surface area contributed by atoms with E-state index < -0.39 is 5.82 Å².